The minimum Gasteiger partial charge on any atom is -0.484 e. The molecule has 0 fully saturated rings. The van der Waals surface area contributed by atoms with Crippen molar-refractivity contribution in [2.45, 2.75) is 25.6 Å². The maximum absolute atomic E-state index is 14.4. The van der Waals surface area contributed by atoms with Gasteiger partial charge in [-0.25, -0.2) is 9.37 Å². The third kappa shape index (κ3) is 4.43. The SMILES string of the molecule is Nc1ccc(C2CC(Cc3ccc(OCc4ccccn4)c(F)c3)=NO2)c(N)n1. The molecule has 1 aliphatic rings. The number of pyridine rings is 2. The summed E-state index contributed by atoms with van der Waals surface area (Å²) in [6.45, 7) is 0.205. The highest BCUT2D eigenvalue weighted by Gasteiger charge is 2.25. The van der Waals surface area contributed by atoms with Crippen LogP contribution in [0.1, 0.15) is 29.3 Å². The zero-order chi connectivity index (χ0) is 20.2. The number of rotatable bonds is 6. The molecule has 3 aromatic rings. The summed E-state index contributed by atoms with van der Waals surface area (Å²) in [5, 5.41) is 4.12. The van der Waals surface area contributed by atoms with E-state index < -0.39 is 5.82 Å². The Morgan fingerprint density at radius 3 is 2.79 bits per heavy atom. The van der Waals surface area contributed by atoms with Gasteiger partial charge in [-0.1, -0.05) is 17.3 Å². The van der Waals surface area contributed by atoms with Crippen LogP contribution < -0.4 is 16.2 Å². The van der Waals surface area contributed by atoms with Crippen LogP contribution in [0.15, 0.2) is 59.9 Å². The van der Waals surface area contributed by atoms with Crippen molar-refractivity contribution in [1.82, 2.24) is 9.97 Å². The molecular formula is C21H20FN5O2. The lowest BCUT2D eigenvalue weighted by Crippen LogP contribution is -2.08. The van der Waals surface area contributed by atoms with Gasteiger partial charge in [0.25, 0.3) is 0 Å². The summed E-state index contributed by atoms with van der Waals surface area (Å²) >= 11 is 0. The third-order valence-corrected chi connectivity index (χ3v) is 4.56. The van der Waals surface area contributed by atoms with E-state index in [1.807, 2.05) is 24.3 Å². The molecule has 1 atom stereocenters. The molecule has 1 aliphatic heterocycles. The maximum atomic E-state index is 14.4. The topological polar surface area (TPSA) is 109 Å². The van der Waals surface area contributed by atoms with Gasteiger partial charge in [0.15, 0.2) is 17.7 Å². The molecule has 1 aromatic carbocycles. The highest BCUT2D eigenvalue weighted by molar-refractivity contribution is 5.87. The molecule has 0 spiro atoms. The maximum Gasteiger partial charge on any atom is 0.165 e. The summed E-state index contributed by atoms with van der Waals surface area (Å²) in [5.74, 6) is 0.433. The number of hydrogen-bond acceptors (Lipinski definition) is 7. The minimum absolute atomic E-state index is 0.183. The lowest BCUT2D eigenvalue weighted by molar-refractivity contribution is 0.0860. The van der Waals surface area contributed by atoms with Crippen molar-refractivity contribution < 1.29 is 14.0 Å². The lowest BCUT2D eigenvalue weighted by Gasteiger charge is -2.11. The van der Waals surface area contributed by atoms with E-state index in [1.165, 1.54) is 6.07 Å². The van der Waals surface area contributed by atoms with Gasteiger partial charge in [-0.3, -0.25) is 4.98 Å². The van der Waals surface area contributed by atoms with Gasteiger partial charge in [-0.2, -0.15) is 0 Å². The number of aromatic nitrogens is 2. The zero-order valence-corrected chi connectivity index (χ0v) is 15.6. The molecule has 4 N–H and O–H groups in total. The van der Waals surface area contributed by atoms with Crippen LogP contribution in [-0.4, -0.2) is 15.7 Å². The largest absolute Gasteiger partial charge is 0.484 e. The van der Waals surface area contributed by atoms with E-state index in [0.717, 1.165) is 22.5 Å². The van der Waals surface area contributed by atoms with Crippen molar-refractivity contribution in [2.24, 2.45) is 5.16 Å². The Hall–Kier alpha value is -3.68. The molecule has 3 heterocycles. The summed E-state index contributed by atoms with van der Waals surface area (Å²) in [4.78, 5) is 13.7. The lowest BCUT2D eigenvalue weighted by atomic mass is 10.0. The average molecular weight is 393 g/mol. The van der Waals surface area contributed by atoms with E-state index in [-0.39, 0.29) is 18.5 Å². The molecule has 0 amide bonds. The molecule has 7 nitrogen and oxygen atoms in total. The number of anilines is 2. The fourth-order valence-electron chi connectivity index (χ4n) is 3.11. The number of nitrogen functional groups attached to an aromatic ring is 2. The van der Waals surface area contributed by atoms with E-state index in [2.05, 4.69) is 15.1 Å². The molecule has 1 unspecified atom stereocenters. The first-order chi connectivity index (χ1) is 14.1. The Labute approximate surface area is 167 Å². The highest BCUT2D eigenvalue weighted by Crippen LogP contribution is 2.32. The molecule has 0 saturated carbocycles. The van der Waals surface area contributed by atoms with E-state index in [9.17, 15) is 4.39 Å². The van der Waals surface area contributed by atoms with E-state index in [1.54, 1.807) is 24.4 Å². The Morgan fingerprint density at radius 1 is 1.14 bits per heavy atom. The molecule has 8 heteroatoms. The van der Waals surface area contributed by atoms with E-state index >= 15 is 0 Å². The monoisotopic (exact) mass is 393 g/mol. The Bertz CT molecular complexity index is 1040. The van der Waals surface area contributed by atoms with Crippen LogP contribution in [0.3, 0.4) is 0 Å². The normalized spacial score (nSPS) is 15.6. The molecular weight excluding hydrogens is 373 g/mol. The standard InChI is InChI=1S/C21H20FN5O2/c22-17-10-13(4-6-18(17)28-12-14-3-1-2-8-25-14)9-15-11-19(29-27-15)16-5-7-20(23)26-21(16)24/h1-8,10,19H,9,11-12H2,(H4,23,24,26). The predicted octanol–water partition coefficient (Wildman–Crippen LogP) is 3.42. The number of oxime groups is 1. The van der Waals surface area contributed by atoms with Crippen LogP contribution in [-0.2, 0) is 17.9 Å². The summed E-state index contributed by atoms with van der Waals surface area (Å²) in [5.41, 5.74) is 14.6. The summed E-state index contributed by atoms with van der Waals surface area (Å²) in [6, 6.07) is 13.8. The molecule has 0 bridgehead atoms. The van der Waals surface area contributed by atoms with Crippen LogP contribution in [0.25, 0.3) is 0 Å². The van der Waals surface area contributed by atoms with Gasteiger partial charge < -0.3 is 21.0 Å². The second-order valence-electron chi connectivity index (χ2n) is 6.72. The van der Waals surface area contributed by atoms with Gasteiger partial charge in [-0.05, 0) is 42.0 Å². The van der Waals surface area contributed by atoms with Crippen molar-refractivity contribution in [3.63, 3.8) is 0 Å². The van der Waals surface area contributed by atoms with Crippen LogP contribution >= 0.6 is 0 Å². The zero-order valence-electron chi connectivity index (χ0n) is 15.6. The molecule has 4 rings (SSSR count). The van der Waals surface area contributed by atoms with Crippen molar-refractivity contribution in [3.05, 3.63) is 77.4 Å². The van der Waals surface area contributed by atoms with Crippen LogP contribution in [0.4, 0.5) is 16.0 Å². The van der Waals surface area contributed by atoms with Crippen molar-refractivity contribution >= 4 is 17.3 Å². The van der Waals surface area contributed by atoms with Crippen molar-refractivity contribution in [1.29, 1.82) is 0 Å². The number of ether oxygens (including phenoxy) is 1. The van der Waals surface area contributed by atoms with Gasteiger partial charge in [-0.15, -0.1) is 0 Å². The fraction of sp³-hybridized carbons (Fsp3) is 0.190. The highest BCUT2D eigenvalue weighted by atomic mass is 19.1. The summed E-state index contributed by atoms with van der Waals surface area (Å²) in [7, 11) is 0. The smallest absolute Gasteiger partial charge is 0.165 e. The number of halogens is 1. The number of hydrogen-bond donors (Lipinski definition) is 2. The van der Waals surface area contributed by atoms with Gasteiger partial charge in [0.1, 0.15) is 18.2 Å². The number of benzene rings is 1. The summed E-state index contributed by atoms with van der Waals surface area (Å²) in [6.07, 6.45) is 2.37. The Kier molecular flexibility index (Phi) is 5.24. The van der Waals surface area contributed by atoms with E-state index in [4.69, 9.17) is 21.0 Å². The van der Waals surface area contributed by atoms with E-state index in [0.29, 0.717) is 24.5 Å². The second kappa shape index (κ2) is 8.14. The molecule has 0 aliphatic carbocycles. The quantitative estimate of drug-likeness (QED) is 0.664. The Balaban J connectivity index is 1.37. The van der Waals surface area contributed by atoms with Gasteiger partial charge in [0.2, 0.25) is 0 Å². The molecule has 148 valence electrons. The van der Waals surface area contributed by atoms with Gasteiger partial charge in [0, 0.05) is 24.6 Å². The Morgan fingerprint density at radius 2 is 2.03 bits per heavy atom. The molecule has 0 radical (unpaired) electrons. The summed E-state index contributed by atoms with van der Waals surface area (Å²) < 4.78 is 19.9. The van der Waals surface area contributed by atoms with Crippen LogP contribution in [0.5, 0.6) is 5.75 Å². The average Bonchev–Trinajstić information content (AvgIpc) is 3.16. The van der Waals surface area contributed by atoms with Gasteiger partial charge >= 0.3 is 0 Å². The molecule has 29 heavy (non-hydrogen) atoms. The molecule has 2 aromatic heterocycles. The van der Waals surface area contributed by atoms with Crippen molar-refractivity contribution in [2.75, 3.05) is 11.5 Å². The number of nitrogens with zero attached hydrogens (tertiary/aromatic N) is 3. The minimum atomic E-state index is -0.429. The molecule has 0 saturated heterocycles. The third-order valence-electron chi connectivity index (χ3n) is 4.56. The van der Waals surface area contributed by atoms with Crippen LogP contribution in [0, 0.1) is 5.82 Å². The first-order valence-electron chi connectivity index (χ1n) is 9.13. The van der Waals surface area contributed by atoms with Crippen molar-refractivity contribution in [3.8, 4) is 5.75 Å². The second-order valence-corrected chi connectivity index (χ2v) is 6.72. The number of nitrogens with two attached hydrogens (primary N) is 2. The predicted molar refractivity (Wildman–Crippen MR) is 108 cm³/mol. The first kappa shape index (κ1) is 18.7. The van der Waals surface area contributed by atoms with Crippen LogP contribution in [0.2, 0.25) is 0 Å². The van der Waals surface area contributed by atoms with Gasteiger partial charge in [0.05, 0.1) is 11.4 Å². The first-order valence-corrected chi connectivity index (χ1v) is 9.13. The fourth-order valence-corrected chi connectivity index (χ4v) is 3.11.